The Morgan fingerprint density at radius 2 is 1.80 bits per heavy atom. The van der Waals surface area contributed by atoms with Crippen molar-refractivity contribution < 1.29 is 9.21 Å². The van der Waals surface area contributed by atoms with Crippen molar-refractivity contribution in [2.24, 2.45) is 0 Å². The number of rotatable bonds is 5. The molecule has 0 aromatic carbocycles. The average Bonchev–Trinajstić information content (AvgIpc) is 3.59. The van der Waals surface area contributed by atoms with Gasteiger partial charge in [-0.05, 0) is 42.5 Å². The van der Waals surface area contributed by atoms with E-state index >= 15 is 0 Å². The average molecular weight is 466 g/mol. The summed E-state index contributed by atoms with van der Waals surface area (Å²) in [6.45, 7) is 3.22. The predicted octanol–water partition coefficient (Wildman–Crippen LogP) is 3.49. The Kier molecular flexibility index (Phi) is 5.42. The summed E-state index contributed by atoms with van der Waals surface area (Å²) in [5, 5.41) is 5.27. The second-order valence-corrected chi connectivity index (χ2v) is 8.40. The maximum atomic E-state index is 13.8. The van der Waals surface area contributed by atoms with Gasteiger partial charge in [-0.15, -0.1) is 0 Å². The minimum absolute atomic E-state index is 0.0190. The first-order chi connectivity index (χ1) is 17.3. The zero-order valence-electron chi connectivity index (χ0n) is 19.0. The highest BCUT2D eigenvalue weighted by Gasteiger charge is 2.26. The Hall–Kier alpha value is -4.53. The fourth-order valence-corrected chi connectivity index (χ4v) is 4.45. The predicted molar refractivity (Wildman–Crippen MR) is 131 cm³/mol. The zero-order valence-corrected chi connectivity index (χ0v) is 19.0. The fourth-order valence-electron chi connectivity index (χ4n) is 4.45. The monoisotopic (exact) mass is 465 g/mol. The van der Waals surface area contributed by atoms with Crippen molar-refractivity contribution >= 4 is 22.6 Å². The van der Waals surface area contributed by atoms with E-state index in [1.807, 2.05) is 47.4 Å². The lowest BCUT2D eigenvalue weighted by Gasteiger charge is -2.36. The van der Waals surface area contributed by atoms with E-state index in [-0.39, 0.29) is 5.91 Å². The molecule has 0 bridgehead atoms. The lowest BCUT2D eigenvalue weighted by molar-refractivity contribution is 0.0748. The highest BCUT2D eigenvalue weighted by molar-refractivity contribution is 6.06. The molecule has 35 heavy (non-hydrogen) atoms. The van der Waals surface area contributed by atoms with Gasteiger partial charge in [0.1, 0.15) is 12.3 Å². The van der Waals surface area contributed by atoms with E-state index in [9.17, 15) is 4.79 Å². The molecule has 1 aliphatic rings. The van der Waals surface area contributed by atoms with Crippen LogP contribution in [-0.4, -0.2) is 61.7 Å². The summed E-state index contributed by atoms with van der Waals surface area (Å²) in [7, 11) is 0. The SMILES string of the molecule is O=C(c1cc(-c2cccnc2)nc2c1cnn2Cc1ccco1)N1CCN(c2ccncc2)CC1. The van der Waals surface area contributed by atoms with Crippen LogP contribution in [0.5, 0.6) is 0 Å². The van der Waals surface area contributed by atoms with Gasteiger partial charge in [0.25, 0.3) is 5.91 Å². The lowest BCUT2D eigenvalue weighted by atomic mass is 10.1. The molecule has 0 atom stereocenters. The van der Waals surface area contributed by atoms with Crippen molar-refractivity contribution in [2.45, 2.75) is 6.54 Å². The zero-order chi connectivity index (χ0) is 23.6. The van der Waals surface area contributed by atoms with Crippen molar-refractivity contribution in [2.75, 3.05) is 31.1 Å². The molecule has 5 aromatic heterocycles. The van der Waals surface area contributed by atoms with E-state index < -0.39 is 0 Å². The van der Waals surface area contributed by atoms with E-state index in [2.05, 4.69) is 20.0 Å². The number of hydrogen-bond donors (Lipinski definition) is 0. The summed E-state index contributed by atoms with van der Waals surface area (Å²) in [4.78, 5) is 31.1. The van der Waals surface area contributed by atoms with Gasteiger partial charge in [-0.1, -0.05) is 0 Å². The first-order valence-electron chi connectivity index (χ1n) is 11.5. The second kappa shape index (κ2) is 9.02. The minimum atomic E-state index is -0.0190. The summed E-state index contributed by atoms with van der Waals surface area (Å²) in [6.07, 6.45) is 10.4. The number of piperazine rings is 1. The Bertz CT molecular complexity index is 1440. The maximum Gasteiger partial charge on any atom is 0.254 e. The number of pyridine rings is 3. The first-order valence-corrected chi connectivity index (χ1v) is 11.5. The van der Waals surface area contributed by atoms with Crippen LogP contribution in [0, 0.1) is 0 Å². The molecule has 0 unspecified atom stereocenters. The quantitative estimate of drug-likeness (QED) is 0.392. The summed E-state index contributed by atoms with van der Waals surface area (Å²) in [5.74, 6) is 0.748. The van der Waals surface area contributed by atoms with Gasteiger partial charge in [-0.2, -0.15) is 5.10 Å². The standard InChI is InChI=1S/C26H23N7O2/c34-26(32-12-10-31(11-13-32)20-5-8-27-9-6-20)22-15-24(19-3-1-7-28-16-19)30-25-23(22)17-29-33(25)18-21-4-2-14-35-21/h1-9,14-17H,10-13,18H2. The molecule has 0 N–H and O–H groups in total. The lowest BCUT2D eigenvalue weighted by Crippen LogP contribution is -2.48. The van der Waals surface area contributed by atoms with Crippen molar-refractivity contribution in [3.05, 3.63) is 91.0 Å². The van der Waals surface area contributed by atoms with Crippen LogP contribution < -0.4 is 4.90 Å². The maximum absolute atomic E-state index is 13.8. The van der Waals surface area contributed by atoms with Crippen LogP contribution in [-0.2, 0) is 6.54 Å². The van der Waals surface area contributed by atoms with Gasteiger partial charge in [0.05, 0.1) is 29.1 Å². The van der Waals surface area contributed by atoms with Crippen LogP contribution in [0.2, 0.25) is 0 Å². The largest absolute Gasteiger partial charge is 0.467 e. The van der Waals surface area contributed by atoms with E-state index in [0.717, 1.165) is 35.5 Å². The van der Waals surface area contributed by atoms with Crippen LogP contribution >= 0.6 is 0 Å². The summed E-state index contributed by atoms with van der Waals surface area (Å²) in [5.41, 5.74) is 3.89. The number of fused-ring (bicyclic) bond motifs is 1. The van der Waals surface area contributed by atoms with Gasteiger partial charge >= 0.3 is 0 Å². The van der Waals surface area contributed by atoms with E-state index in [4.69, 9.17) is 9.40 Å². The molecule has 0 radical (unpaired) electrons. The summed E-state index contributed by atoms with van der Waals surface area (Å²) >= 11 is 0. The molecule has 0 spiro atoms. The molecule has 1 fully saturated rings. The molecule has 6 heterocycles. The number of nitrogens with zero attached hydrogens (tertiary/aromatic N) is 7. The van der Waals surface area contributed by atoms with E-state index in [0.29, 0.717) is 36.5 Å². The number of carbonyl (C=O) groups excluding carboxylic acids is 1. The van der Waals surface area contributed by atoms with E-state index in [1.54, 1.807) is 41.9 Å². The van der Waals surface area contributed by atoms with Gasteiger partial charge in [-0.25, -0.2) is 9.67 Å². The second-order valence-electron chi connectivity index (χ2n) is 8.40. The normalized spacial score (nSPS) is 13.9. The van der Waals surface area contributed by atoms with Gasteiger partial charge < -0.3 is 14.2 Å². The Balaban J connectivity index is 1.34. The molecule has 0 aliphatic carbocycles. The summed E-state index contributed by atoms with van der Waals surface area (Å²) < 4.78 is 7.28. The molecule has 1 saturated heterocycles. The molecule has 1 aliphatic heterocycles. The molecule has 9 heteroatoms. The van der Waals surface area contributed by atoms with Crippen LogP contribution in [0.3, 0.4) is 0 Å². The van der Waals surface area contributed by atoms with E-state index in [1.165, 1.54) is 0 Å². The molecular formula is C26H23N7O2. The highest BCUT2D eigenvalue weighted by Crippen LogP contribution is 2.27. The number of furan rings is 1. The van der Waals surface area contributed by atoms with Crippen LogP contribution in [0.15, 0.2) is 84.1 Å². The Labute approximate surface area is 201 Å². The smallest absolute Gasteiger partial charge is 0.254 e. The molecule has 5 aromatic rings. The fraction of sp³-hybridized carbons (Fsp3) is 0.192. The molecule has 1 amide bonds. The van der Waals surface area contributed by atoms with Crippen molar-refractivity contribution in [3.8, 4) is 11.3 Å². The van der Waals surface area contributed by atoms with Gasteiger partial charge in [0.2, 0.25) is 0 Å². The molecule has 174 valence electrons. The molecular weight excluding hydrogens is 442 g/mol. The number of anilines is 1. The Morgan fingerprint density at radius 3 is 2.54 bits per heavy atom. The van der Waals surface area contributed by atoms with Gasteiger partial charge in [-0.3, -0.25) is 14.8 Å². The van der Waals surface area contributed by atoms with Crippen LogP contribution in [0.25, 0.3) is 22.3 Å². The van der Waals surface area contributed by atoms with Crippen LogP contribution in [0.4, 0.5) is 5.69 Å². The van der Waals surface area contributed by atoms with Gasteiger partial charge in [0, 0.05) is 62.2 Å². The third-order valence-electron chi connectivity index (χ3n) is 6.28. The molecule has 0 saturated carbocycles. The topological polar surface area (TPSA) is 93.2 Å². The number of amides is 1. The highest BCUT2D eigenvalue weighted by atomic mass is 16.3. The first kappa shape index (κ1) is 21.0. The number of carbonyl (C=O) groups is 1. The molecule has 9 nitrogen and oxygen atoms in total. The minimum Gasteiger partial charge on any atom is -0.467 e. The Morgan fingerprint density at radius 1 is 0.943 bits per heavy atom. The van der Waals surface area contributed by atoms with Crippen molar-refractivity contribution in [1.82, 2.24) is 29.6 Å². The number of hydrogen-bond acceptors (Lipinski definition) is 7. The van der Waals surface area contributed by atoms with Crippen molar-refractivity contribution in [3.63, 3.8) is 0 Å². The van der Waals surface area contributed by atoms with Crippen molar-refractivity contribution in [1.29, 1.82) is 0 Å². The third kappa shape index (κ3) is 4.12. The summed E-state index contributed by atoms with van der Waals surface area (Å²) in [6, 6.07) is 13.4. The van der Waals surface area contributed by atoms with Gasteiger partial charge in [0.15, 0.2) is 5.65 Å². The third-order valence-corrected chi connectivity index (χ3v) is 6.28. The molecule has 6 rings (SSSR count). The number of aromatic nitrogens is 5. The van der Waals surface area contributed by atoms with Crippen LogP contribution in [0.1, 0.15) is 16.1 Å².